The molecule has 0 saturated heterocycles. The maximum atomic E-state index is 10.6. The summed E-state index contributed by atoms with van der Waals surface area (Å²) in [4.78, 5) is 14.3. The predicted octanol–water partition coefficient (Wildman–Crippen LogP) is 1.36. The highest BCUT2D eigenvalue weighted by atomic mass is 16.6. The van der Waals surface area contributed by atoms with Crippen molar-refractivity contribution in [2.75, 3.05) is 7.05 Å². The number of nitro benzene ring substituents is 1. The van der Waals surface area contributed by atoms with Crippen molar-refractivity contribution < 1.29 is 9.45 Å². The second kappa shape index (κ2) is 4.71. The van der Waals surface area contributed by atoms with Gasteiger partial charge < -0.3 is 9.84 Å². The summed E-state index contributed by atoms with van der Waals surface area (Å²) in [6.07, 6.45) is 0. The van der Waals surface area contributed by atoms with Gasteiger partial charge in [0.05, 0.1) is 11.5 Å². The number of rotatable bonds is 4. The molecule has 2 rings (SSSR count). The SMILES string of the molecule is CNCc1noc(-c2cccc([N+](=O)[O-])c2)n1. The Morgan fingerprint density at radius 3 is 3.06 bits per heavy atom. The van der Waals surface area contributed by atoms with Crippen molar-refractivity contribution in [1.82, 2.24) is 15.5 Å². The summed E-state index contributed by atoms with van der Waals surface area (Å²) in [6, 6.07) is 6.07. The third-order valence-electron chi connectivity index (χ3n) is 2.11. The highest BCUT2D eigenvalue weighted by Crippen LogP contribution is 2.22. The molecule has 1 N–H and O–H groups in total. The van der Waals surface area contributed by atoms with Crippen LogP contribution in [0.3, 0.4) is 0 Å². The Labute approximate surface area is 96.6 Å². The van der Waals surface area contributed by atoms with Crippen LogP contribution in [0.15, 0.2) is 28.8 Å². The molecule has 88 valence electrons. The molecule has 0 unspecified atom stereocenters. The molecule has 7 nitrogen and oxygen atoms in total. The Morgan fingerprint density at radius 2 is 2.35 bits per heavy atom. The number of aromatic nitrogens is 2. The van der Waals surface area contributed by atoms with E-state index >= 15 is 0 Å². The van der Waals surface area contributed by atoms with E-state index in [4.69, 9.17) is 4.52 Å². The van der Waals surface area contributed by atoms with E-state index in [1.165, 1.54) is 12.1 Å². The first-order valence-electron chi connectivity index (χ1n) is 4.92. The van der Waals surface area contributed by atoms with Crippen molar-refractivity contribution in [3.8, 4) is 11.5 Å². The van der Waals surface area contributed by atoms with E-state index in [9.17, 15) is 10.1 Å². The first-order valence-corrected chi connectivity index (χ1v) is 4.92. The van der Waals surface area contributed by atoms with Crippen molar-refractivity contribution in [3.05, 3.63) is 40.2 Å². The highest BCUT2D eigenvalue weighted by molar-refractivity contribution is 5.57. The number of nitro groups is 1. The van der Waals surface area contributed by atoms with E-state index in [1.807, 2.05) is 0 Å². The van der Waals surface area contributed by atoms with Crippen molar-refractivity contribution in [1.29, 1.82) is 0 Å². The average molecular weight is 234 g/mol. The molecular weight excluding hydrogens is 224 g/mol. The van der Waals surface area contributed by atoms with Gasteiger partial charge in [-0.1, -0.05) is 11.2 Å². The van der Waals surface area contributed by atoms with E-state index in [1.54, 1.807) is 19.2 Å². The Balaban J connectivity index is 2.32. The van der Waals surface area contributed by atoms with Gasteiger partial charge in [-0.25, -0.2) is 0 Å². The standard InChI is InChI=1S/C10H10N4O3/c1-11-6-9-12-10(17-13-9)7-3-2-4-8(5-7)14(15)16/h2-5,11H,6H2,1H3. The molecule has 1 heterocycles. The Morgan fingerprint density at radius 1 is 1.53 bits per heavy atom. The largest absolute Gasteiger partial charge is 0.334 e. The fraction of sp³-hybridized carbons (Fsp3) is 0.200. The summed E-state index contributed by atoms with van der Waals surface area (Å²) < 4.78 is 5.01. The predicted molar refractivity (Wildman–Crippen MR) is 59.2 cm³/mol. The molecule has 1 aromatic heterocycles. The molecule has 0 fully saturated rings. The van der Waals surface area contributed by atoms with Crippen molar-refractivity contribution in [3.63, 3.8) is 0 Å². The lowest BCUT2D eigenvalue weighted by molar-refractivity contribution is -0.384. The van der Waals surface area contributed by atoms with Crippen LogP contribution < -0.4 is 5.32 Å². The lowest BCUT2D eigenvalue weighted by Gasteiger charge is -1.94. The monoisotopic (exact) mass is 234 g/mol. The van der Waals surface area contributed by atoms with Crippen LogP contribution in [0, 0.1) is 10.1 Å². The lowest BCUT2D eigenvalue weighted by atomic mass is 10.2. The minimum atomic E-state index is -0.464. The zero-order valence-corrected chi connectivity index (χ0v) is 9.08. The molecule has 0 amide bonds. The molecule has 0 radical (unpaired) electrons. The van der Waals surface area contributed by atoms with Gasteiger partial charge >= 0.3 is 0 Å². The van der Waals surface area contributed by atoms with E-state index in [2.05, 4.69) is 15.5 Å². The maximum Gasteiger partial charge on any atom is 0.270 e. The van der Waals surface area contributed by atoms with Crippen LogP contribution in [0.4, 0.5) is 5.69 Å². The number of nitrogens with zero attached hydrogens (tertiary/aromatic N) is 3. The number of benzene rings is 1. The second-order valence-electron chi connectivity index (χ2n) is 3.35. The lowest BCUT2D eigenvalue weighted by Crippen LogP contribution is -2.06. The van der Waals surface area contributed by atoms with E-state index < -0.39 is 4.92 Å². The number of nitrogens with one attached hydrogen (secondary N) is 1. The molecule has 0 aliphatic heterocycles. The third kappa shape index (κ3) is 2.45. The molecule has 0 bridgehead atoms. The molecular formula is C10H10N4O3. The minimum Gasteiger partial charge on any atom is -0.334 e. The Hall–Kier alpha value is -2.28. The van der Waals surface area contributed by atoms with E-state index in [0.29, 0.717) is 17.9 Å². The summed E-state index contributed by atoms with van der Waals surface area (Å²) in [5.41, 5.74) is 0.532. The Bertz CT molecular complexity index is 538. The minimum absolute atomic E-state index is 0.00383. The van der Waals surface area contributed by atoms with Crippen LogP contribution in [0.2, 0.25) is 0 Å². The van der Waals surface area contributed by atoms with Gasteiger partial charge in [-0.15, -0.1) is 0 Å². The van der Waals surface area contributed by atoms with Gasteiger partial charge in [-0.2, -0.15) is 4.98 Å². The summed E-state index contributed by atoms with van der Waals surface area (Å²) in [7, 11) is 1.77. The van der Waals surface area contributed by atoms with Crippen LogP contribution in [-0.4, -0.2) is 22.1 Å². The molecule has 2 aromatic rings. The molecule has 0 spiro atoms. The molecule has 0 atom stereocenters. The summed E-state index contributed by atoms with van der Waals surface area (Å²) >= 11 is 0. The van der Waals surface area contributed by atoms with Crippen molar-refractivity contribution in [2.24, 2.45) is 0 Å². The zero-order chi connectivity index (χ0) is 12.3. The first-order chi connectivity index (χ1) is 8.20. The van der Waals surface area contributed by atoms with E-state index in [-0.39, 0.29) is 11.6 Å². The second-order valence-corrected chi connectivity index (χ2v) is 3.35. The molecule has 7 heteroatoms. The highest BCUT2D eigenvalue weighted by Gasteiger charge is 2.12. The Kier molecular flexibility index (Phi) is 3.10. The van der Waals surface area contributed by atoms with Gasteiger partial charge in [0.25, 0.3) is 11.6 Å². The number of hydrogen-bond acceptors (Lipinski definition) is 6. The van der Waals surface area contributed by atoms with Crippen LogP contribution >= 0.6 is 0 Å². The van der Waals surface area contributed by atoms with Crippen LogP contribution in [0.5, 0.6) is 0 Å². The third-order valence-corrected chi connectivity index (χ3v) is 2.11. The quantitative estimate of drug-likeness (QED) is 0.634. The van der Waals surface area contributed by atoms with Crippen molar-refractivity contribution in [2.45, 2.75) is 6.54 Å². The van der Waals surface area contributed by atoms with Gasteiger partial charge in [0.15, 0.2) is 5.82 Å². The summed E-state index contributed by atoms with van der Waals surface area (Å²) in [6.45, 7) is 0.485. The zero-order valence-electron chi connectivity index (χ0n) is 9.08. The molecule has 17 heavy (non-hydrogen) atoms. The van der Waals surface area contributed by atoms with Crippen LogP contribution in [-0.2, 0) is 6.54 Å². The normalized spacial score (nSPS) is 10.4. The van der Waals surface area contributed by atoms with Gasteiger partial charge in [0, 0.05) is 17.7 Å². The average Bonchev–Trinajstić information content (AvgIpc) is 2.78. The fourth-order valence-corrected chi connectivity index (χ4v) is 1.35. The molecule has 0 saturated carbocycles. The van der Waals surface area contributed by atoms with Crippen LogP contribution in [0.25, 0.3) is 11.5 Å². The molecule has 1 aromatic carbocycles. The molecule has 0 aliphatic carbocycles. The van der Waals surface area contributed by atoms with E-state index in [0.717, 1.165) is 0 Å². The van der Waals surface area contributed by atoms with Gasteiger partial charge in [-0.05, 0) is 13.1 Å². The first kappa shape index (κ1) is 11.2. The van der Waals surface area contributed by atoms with Gasteiger partial charge in [0.1, 0.15) is 0 Å². The number of non-ortho nitro benzene ring substituents is 1. The number of hydrogen-bond donors (Lipinski definition) is 1. The molecule has 0 aliphatic rings. The van der Waals surface area contributed by atoms with Gasteiger partial charge in [0.2, 0.25) is 0 Å². The fourth-order valence-electron chi connectivity index (χ4n) is 1.35. The summed E-state index contributed by atoms with van der Waals surface area (Å²) in [5, 5.41) is 17.2. The smallest absolute Gasteiger partial charge is 0.270 e. The van der Waals surface area contributed by atoms with Gasteiger partial charge in [-0.3, -0.25) is 10.1 Å². The van der Waals surface area contributed by atoms with Crippen LogP contribution in [0.1, 0.15) is 5.82 Å². The maximum absolute atomic E-state index is 10.6. The summed E-state index contributed by atoms with van der Waals surface area (Å²) in [5.74, 6) is 0.785. The van der Waals surface area contributed by atoms with Crippen molar-refractivity contribution >= 4 is 5.69 Å². The topological polar surface area (TPSA) is 94.1 Å².